The number of benzene rings is 1. The molecule has 0 saturated heterocycles. The van der Waals surface area contributed by atoms with Gasteiger partial charge in [-0.05, 0) is 18.2 Å². The number of rotatable bonds is 6. The van der Waals surface area contributed by atoms with E-state index >= 15 is 0 Å². The molecule has 0 aliphatic rings. The molecule has 0 atom stereocenters. The summed E-state index contributed by atoms with van der Waals surface area (Å²) in [5.41, 5.74) is 1.01. The van der Waals surface area contributed by atoms with Crippen LogP contribution in [0.15, 0.2) is 44.4 Å². The van der Waals surface area contributed by atoms with Crippen LogP contribution in [0.1, 0.15) is 13.8 Å². The summed E-state index contributed by atoms with van der Waals surface area (Å²) < 4.78 is 45.2. The second-order valence-corrected chi connectivity index (χ2v) is 8.25. The molecular formula is C16H16FN3O3S2. The molecule has 0 bridgehead atoms. The zero-order valence-corrected chi connectivity index (χ0v) is 15.3. The highest BCUT2D eigenvalue weighted by atomic mass is 32.2. The molecule has 0 spiro atoms. The lowest BCUT2D eigenvalue weighted by molar-refractivity contribution is 0.432. The number of sulfonamides is 1. The molecule has 9 heteroatoms. The smallest absolute Gasteiger partial charge is 0.259 e. The summed E-state index contributed by atoms with van der Waals surface area (Å²) in [5, 5.41) is 5.49. The fourth-order valence-corrected chi connectivity index (χ4v) is 5.10. The summed E-state index contributed by atoms with van der Waals surface area (Å²) in [4.78, 5) is 4.23. The monoisotopic (exact) mass is 381 g/mol. The van der Waals surface area contributed by atoms with Crippen LogP contribution in [0.4, 0.5) is 4.39 Å². The van der Waals surface area contributed by atoms with Crippen molar-refractivity contribution in [2.75, 3.05) is 13.1 Å². The molecular weight excluding hydrogens is 365 g/mol. The predicted octanol–water partition coefficient (Wildman–Crippen LogP) is 3.63. The van der Waals surface area contributed by atoms with Gasteiger partial charge in [0, 0.05) is 24.0 Å². The molecule has 0 unspecified atom stereocenters. The highest BCUT2D eigenvalue weighted by molar-refractivity contribution is 7.91. The Balaban J connectivity index is 1.91. The number of halogens is 1. The molecule has 2 aromatic heterocycles. The van der Waals surface area contributed by atoms with E-state index in [1.165, 1.54) is 22.5 Å². The van der Waals surface area contributed by atoms with Gasteiger partial charge in [0.05, 0.1) is 5.56 Å². The second-order valence-electron chi connectivity index (χ2n) is 5.18. The van der Waals surface area contributed by atoms with Crippen molar-refractivity contribution in [1.82, 2.24) is 14.4 Å². The Kier molecular flexibility index (Phi) is 4.98. The Bertz CT molecular complexity index is 978. The van der Waals surface area contributed by atoms with Gasteiger partial charge in [0.1, 0.15) is 10.0 Å². The number of thiophene rings is 1. The summed E-state index contributed by atoms with van der Waals surface area (Å²) in [7, 11) is -3.53. The molecule has 2 heterocycles. The van der Waals surface area contributed by atoms with Gasteiger partial charge in [0.15, 0.2) is 0 Å². The maximum atomic E-state index is 13.3. The number of hydrogen-bond acceptors (Lipinski definition) is 6. The first-order valence-corrected chi connectivity index (χ1v) is 9.96. The fourth-order valence-electron chi connectivity index (χ4n) is 2.34. The van der Waals surface area contributed by atoms with Gasteiger partial charge in [-0.15, -0.1) is 11.3 Å². The standard InChI is InChI=1S/C16H16FN3O3S2/c1-3-20(4-2)25(21,22)14-9-12(10-24-14)16-18-15(19-23-16)11-6-5-7-13(17)8-11/h5-10H,3-4H2,1-2H3. The largest absolute Gasteiger partial charge is 0.334 e. The van der Waals surface area contributed by atoms with Crippen LogP contribution in [-0.2, 0) is 10.0 Å². The third-order valence-electron chi connectivity index (χ3n) is 3.63. The van der Waals surface area contributed by atoms with E-state index in [9.17, 15) is 12.8 Å². The van der Waals surface area contributed by atoms with Gasteiger partial charge in [0.25, 0.3) is 15.9 Å². The van der Waals surface area contributed by atoms with Gasteiger partial charge in [-0.25, -0.2) is 12.8 Å². The zero-order valence-electron chi connectivity index (χ0n) is 13.6. The van der Waals surface area contributed by atoms with Gasteiger partial charge in [-0.3, -0.25) is 0 Å². The van der Waals surface area contributed by atoms with Crippen molar-refractivity contribution in [3.05, 3.63) is 41.5 Å². The van der Waals surface area contributed by atoms with Crippen LogP contribution in [0.2, 0.25) is 0 Å². The van der Waals surface area contributed by atoms with Gasteiger partial charge in [-0.2, -0.15) is 9.29 Å². The summed E-state index contributed by atoms with van der Waals surface area (Å²) in [5.74, 6) is 0.0392. The molecule has 0 fully saturated rings. The van der Waals surface area contributed by atoms with E-state index in [1.807, 2.05) is 0 Å². The van der Waals surface area contributed by atoms with E-state index in [0.29, 0.717) is 24.2 Å². The topological polar surface area (TPSA) is 76.3 Å². The van der Waals surface area contributed by atoms with Crippen LogP contribution in [-0.4, -0.2) is 36.0 Å². The Morgan fingerprint density at radius 2 is 1.96 bits per heavy atom. The van der Waals surface area contributed by atoms with Crippen LogP contribution in [0.5, 0.6) is 0 Å². The van der Waals surface area contributed by atoms with Crippen molar-refractivity contribution >= 4 is 21.4 Å². The summed E-state index contributed by atoms with van der Waals surface area (Å²) in [6.45, 7) is 4.38. The number of hydrogen-bond donors (Lipinski definition) is 0. The SMILES string of the molecule is CCN(CC)S(=O)(=O)c1cc(-c2nc(-c3cccc(F)c3)no2)cs1. The molecule has 0 radical (unpaired) electrons. The van der Waals surface area contributed by atoms with Gasteiger partial charge in [0.2, 0.25) is 5.82 Å². The first-order valence-electron chi connectivity index (χ1n) is 7.64. The van der Waals surface area contributed by atoms with Crippen LogP contribution < -0.4 is 0 Å². The van der Waals surface area contributed by atoms with E-state index in [2.05, 4.69) is 10.1 Å². The van der Waals surface area contributed by atoms with Gasteiger partial charge in [-0.1, -0.05) is 31.1 Å². The van der Waals surface area contributed by atoms with Crippen molar-refractivity contribution in [3.8, 4) is 22.8 Å². The molecule has 1 aromatic carbocycles. The van der Waals surface area contributed by atoms with E-state index in [4.69, 9.17) is 4.52 Å². The first kappa shape index (κ1) is 17.7. The minimum absolute atomic E-state index is 0.191. The van der Waals surface area contributed by atoms with E-state index in [1.54, 1.807) is 31.4 Å². The Labute approximate surface area is 149 Å². The summed E-state index contributed by atoms with van der Waals surface area (Å²) in [6, 6.07) is 7.37. The second kappa shape index (κ2) is 7.03. The van der Waals surface area contributed by atoms with Crippen molar-refractivity contribution in [2.45, 2.75) is 18.1 Å². The first-order chi connectivity index (χ1) is 12.0. The Morgan fingerprint density at radius 3 is 2.64 bits per heavy atom. The normalized spacial score (nSPS) is 12.0. The lowest BCUT2D eigenvalue weighted by Gasteiger charge is -2.16. The number of aromatic nitrogens is 2. The molecule has 0 saturated carbocycles. The lowest BCUT2D eigenvalue weighted by Crippen LogP contribution is -2.29. The number of nitrogens with zero attached hydrogens (tertiary/aromatic N) is 3. The van der Waals surface area contributed by atoms with E-state index in [-0.39, 0.29) is 15.9 Å². The maximum Gasteiger partial charge on any atom is 0.259 e. The average molecular weight is 381 g/mol. The van der Waals surface area contributed by atoms with Crippen molar-refractivity contribution in [2.24, 2.45) is 0 Å². The molecule has 3 aromatic rings. The quantitative estimate of drug-likeness (QED) is 0.652. The Hall–Kier alpha value is -2.10. The van der Waals surface area contributed by atoms with Crippen LogP contribution in [0, 0.1) is 5.82 Å². The lowest BCUT2D eigenvalue weighted by atomic mass is 10.2. The highest BCUT2D eigenvalue weighted by Gasteiger charge is 2.24. The van der Waals surface area contributed by atoms with E-state index in [0.717, 1.165) is 11.3 Å². The predicted molar refractivity (Wildman–Crippen MR) is 93.1 cm³/mol. The van der Waals surface area contributed by atoms with Crippen molar-refractivity contribution in [1.29, 1.82) is 0 Å². The Morgan fingerprint density at radius 1 is 1.20 bits per heavy atom. The molecule has 0 aliphatic heterocycles. The third-order valence-corrected chi connectivity index (χ3v) is 7.10. The zero-order chi connectivity index (χ0) is 18.0. The highest BCUT2D eigenvalue weighted by Crippen LogP contribution is 2.30. The maximum absolute atomic E-state index is 13.3. The van der Waals surface area contributed by atoms with Crippen molar-refractivity contribution in [3.63, 3.8) is 0 Å². The minimum Gasteiger partial charge on any atom is -0.334 e. The average Bonchev–Trinajstić information content (AvgIpc) is 3.25. The summed E-state index contributed by atoms with van der Waals surface area (Å²) >= 11 is 1.10. The molecule has 0 N–H and O–H groups in total. The van der Waals surface area contributed by atoms with Gasteiger partial charge >= 0.3 is 0 Å². The molecule has 0 aliphatic carbocycles. The van der Waals surface area contributed by atoms with E-state index < -0.39 is 15.8 Å². The van der Waals surface area contributed by atoms with Gasteiger partial charge < -0.3 is 4.52 Å². The van der Waals surface area contributed by atoms with Crippen LogP contribution in [0.3, 0.4) is 0 Å². The van der Waals surface area contributed by atoms with Crippen molar-refractivity contribution < 1.29 is 17.3 Å². The fraction of sp³-hybridized carbons (Fsp3) is 0.250. The molecule has 3 rings (SSSR count). The third kappa shape index (κ3) is 3.48. The van der Waals surface area contributed by atoms with Crippen LogP contribution >= 0.6 is 11.3 Å². The molecule has 0 amide bonds. The summed E-state index contributed by atoms with van der Waals surface area (Å²) in [6.07, 6.45) is 0. The molecule has 132 valence electrons. The minimum atomic E-state index is -3.53. The molecule has 6 nitrogen and oxygen atoms in total. The molecule has 25 heavy (non-hydrogen) atoms. The van der Waals surface area contributed by atoms with Crippen LogP contribution in [0.25, 0.3) is 22.8 Å².